The van der Waals surface area contributed by atoms with E-state index in [1.54, 1.807) is 13.8 Å². The molecule has 0 atom stereocenters. The van der Waals surface area contributed by atoms with Gasteiger partial charge in [0, 0.05) is 0 Å². The van der Waals surface area contributed by atoms with Gasteiger partial charge in [0.15, 0.2) is 0 Å². The molecule has 0 unspecified atom stereocenters. The molecule has 0 spiro atoms. The van der Waals surface area contributed by atoms with Crippen LogP contribution in [0.15, 0.2) is 15.5 Å². The molecule has 0 radical (unpaired) electrons. The molecule has 0 aliphatic carbocycles. The van der Waals surface area contributed by atoms with Gasteiger partial charge in [-0.1, -0.05) is 0 Å². The first-order valence-corrected chi connectivity index (χ1v) is 5.49. The zero-order valence-corrected chi connectivity index (χ0v) is 10.7. The third-order valence-electron chi connectivity index (χ3n) is 1.64. The van der Waals surface area contributed by atoms with Crippen molar-refractivity contribution >= 4 is 15.9 Å². The largest absolute Gasteiger partial charge is 0.484 e. The summed E-state index contributed by atoms with van der Waals surface area (Å²) in [5.74, 6) is -0.167. The summed E-state index contributed by atoms with van der Waals surface area (Å²) < 4.78 is 42.2. The van der Waals surface area contributed by atoms with Crippen LogP contribution < -0.4 is 10.3 Å². The third-order valence-corrected chi connectivity index (χ3v) is 2.20. The number of hydrogen-bond donors (Lipinski definition) is 0. The molecule has 1 aromatic heterocycles. The van der Waals surface area contributed by atoms with E-state index < -0.39 is 18.3 Å². The van der Waals surface area contributed by atoms with E-state index in [-0.39, 0.29) is 16.3 Å². The van der Waals surface area contributed by atoms with Crippen LogP contribution >= 0.6 is 15.9 Å². The van der Waals surface area contributed by atoms with Crippen LogP contribution in [-0.2, 0) is 6.54 Å². The molecular formula is C9H10BrF3N2O2. The predicted molar refractivity (Wildman–Crippen MR) is 58.0 cm³/mol. The zero-order valence-electron chi connectivity index (χ0n) is 9.08. The summed E-state index contributed by atoms with van der Waals surface area (Å²) in [4.78, 5) is 11.6. The van der Waals surface area contributed by atoms with Crippen LogP contribution in [0.5, 0.6) is 5.75 Å². The van der Waals surface area contributed by atoms with Crippen LogP contribution in [0.25, 0.3) is 0 Å². The summed E-state index contributed by atoms with van der Waals surface area (Å²) in [5.41, 5.74) is -0.912. The molecule has 0 fully saturated rings. The van der Waals surface area contributed by atoms with Crippen LogP contribution in [0.4, 0.5) is 13.2 Å². The number of ether oxygens (including phenoxy) is 1. The van der Waals surface area contributed by atoms with Gasteiger partial charge in [0.25, 0.3) is 0 Å². The maximum atomic E-state index is 12.2. The van der Waals surface area contributed by atoms with Crippen LogP contribution in [0, 0.1) is 0 Å². The van der Waals surface area contributed by atoms with Crippen LogP contribution in [0.3, 0.4) is 0 Å². The molecule has 0 amide bonds. The Kier molecular flexibility index (Phi) is 4.18. The topological polar surface area (TPSA) is 44.1 Å². The minimum atomic E-state index is -4.50. The molecule has 0 N–H and O–H groups in total. The number of alkyl halides is 3. The van der Waals surface area contributed by atoms with Crippen molar-refractivity contribution in [3.8, 4) is 5.75 Å². The average Bonchev–Trinajstić information content (AvgIpc) is 2.15. The van der Waals surface area contributed by atoms with Gasteiger partial charge in [0.2, 0.25) is 5.75 Å². The van der Waals surface area contributed by atoms with E-state index in [2.05, 4.69) is 21.0 Å². The molecule has 0 saturated heterocycles. The molecule has 0 aromatic carbocycles. The van der Waals surface area contributed by atoms with E-state index in [4.69, 9.17) is 4.74 Å². The fraction of sp³-hybridized carbons (Fsp3) is 0.556. The molecule has 8 heteroatoms. The van der Waals surface area contributed by atoms with E-state index in [0.717, 1.165) is 6.20 Å². The van der Waals surface area contributed by atoms with Crippen molar-refractivity contribution in [1.82, 2.24) is 9.78 Å². The highest BCUT2D eigenvalue weighted by Gasteiger charge is 2.30. The molecule has 4 nitrogen and oxygen atoms in total. The summed E-state index contributed by atoms with van der Waals surface area (Å²) in [6.45, 7) is 1.90. The van der Waals surface area contributed by atoms with Crippen molar-refractivity contribution in [3.63, 3.8) is 0 Å². The van der Waals surface area contributed by atoms with E-state index in [1.165, 1.54) is 0 Å². The van der Waals surface area contributed by atoms with E-state index in [0.29, 0.717) is 4.68 Å². The van der Waals surface area contributed by atoms with Crippen molar-refractivity contribution in [1.29, 1.82) is 0 Å². The molecule has 0 bridgehead atoms. The minimum absolute atomic E-state index is 0.167. The van der Waals surface area contributed by atoms with Gasteiger partial charge in [-0.15, -0.1) is 0 Å². The molecule has 96 valence electrons. The molecule has 0 saturated carbocycles. The van der Waals surface area contributed by atoms with Gasteiger partial charge in [-0.3, -0.25) is 4.79 Å². The van der Waals surface area contributed by atoms with Crippen molar-refractivity contribution < 1.29 is 17.9 Å². The normalized spacial score (nSPS) is 11.9. The van der Waals surface area contributed by atoms with Gasteiger partial charge in [-0.25, -0.2) is 4.68 Å². The minimum Gasteiger partial charge on any atom is -0.484 e. The van der Waals surface area contributed by atoms with E-state index >= 15 is 0 Å². The number of aromatic nitrogens is 2. The van der Waals surface area contributed by atoms with Crippen molar-refractivity contribution in [3.05, 3.63) is 21.0 Å². The maximum absolute atomic E-state index is 12.2. The van der Waals surface area contributed by atoms with Crippen LogP contribution in [0.1, 0.15) is 13.8 Å². The fourth-order valence-electron chi connectivity index (χ4n) is 1.08. The number of hydrogen-bond acceptors (Lipinski definition) is 3. The summed E-state index contributed by atoms with van der Waals surface area (Å²) in [5, 5.41) is 3.39. The molecule has 1 aromatic rings. The van der Waals surface area contributed by atoms with Gasteiger partial charge in [0.1, 0.15) is 6.54 Å². The second-order valence-electron chi connectivity index (χ2n) is 3.57. The Bertz CT molecular complexity index is 457. The summed E-state index contributed by atoms with van der Waals surface area (Å²) >= 11 is 3.01. The first kappa shape index (κ1) is 14.0. The average molecular weight is 315 g/mol. The Morgan fingerprint density at radius 3 is 2.59 bits per heavy atom. The van der Waals surface area contributed by atoms with Crippen molar-refractivity contribution in [2.75, 3.05) is 0 Å². The monoisotopic (exact) mass is 314 g/mol. The molecule has 1 rings (SSSR count). The Labute approximate surface area is 104 Å². The van der Waals surface area contributed by atoms with Gasteiger partial charge in [0.05, 0.1) is 16.8 Å². The molecular weight excluding hydrogens is 305 g/mol. The summed E-state index contributed by atoms with van der Waals surface area (Å²) in [6.07, 6.45) is -3.72. The van der Waals surface area contributed by atoms with Gasteiger partial charge in [-0.05, 0) is 29.8 Å². The highest BCUT2D eigenvalue weighted by molar-refractivity contribution is 9.10. The third kappa shape index (κ3) is 4.03. The Balaban J connectivity index is 3.15. The van der Waals surface area contributed by atoms with Crippen molar-refractivity contribution in [2.24, 2.45) is 0 Å². The molecule has 17 heavy (non-hydrogen) atoms. The lowest BCUT2D eigenvalue weighted by Gasteiger charge is -2.13. The smallest absolute Gasteiger partial charge is 0.408 e. The predicted octanol–water partition coefficient (Wildman–Crippen LogP) is 2.36. The number of nitrogens with zero attached hydrogens (tertiary/aromatic N) is 2. The molecule has 0 aliphatic rings. The number of halogens is 4. The molecule has 1 heterocycles. The number of rotatable bonds is 3. The first-order valence-electron chi connectivity index (χ1n) is 4.69. The van der Waals surface area contributed by atoms with Gasteiger partial charge < -0.3 is 4.74 Å². The lowest BCUT2D eigenvalue weighted by molar-refractivity contribution is -0.143. The second kappa shape index (κ2) is 5.07. The summed E-state index contributed by atoms with van der Waals surface area (Å²) in [7, 11) is 0. The lowest BCUT2D eigenvalue weighted by atomic mass is 10.4. The van der Waals surface area contributed by atoms with E-state index in [1.807, 2.05) is 0 Å². The standard InChI is InChI=1S/C9H10BrF3N2O2/c1-5(2)17-7-6(10)3-14-15(8(7)16)4-9(11,12)13/h3,5H,4H2,1-2H3. The quantitative estimate of drug-likeness (QED) is 0.860. The summed E-state index contributed by atoms with van der Waals surface area (Å²) in [6, 6.07) is 0. The Morgan fingerprint density at radius 2 is 2.12 bits per heavy atom. The van der Waals surface area contributed by atoms with Crippen molar-refractivity contribution in [2.45, 2.75) is 32.7 Å². The van der Waals surface area contributed by atoms with Gasteiger partial charge >= 0.3 is 11.7 Å². The lowest BCUT2D eigenvalue weighted by Crippen LogP contribution is -2.31. The Hall–Kier alpha value is -1.05. The fourth-order valence-corrected chi connectivity index (χ4v) is 1.43. The van der Waals surface area contributed by atoms with Crippen LogP contribution in [0.2, 0.25) is 0 Å². The van der Waals surface area contributed by atoms with E-state index in [9.17, 15) is 18.0 Å². The maximum Gasteiger partial charge on any atom is 0.408 e. The first-order chi connectivity index (χ1) is 7.70. The Morgan fingerprint density at radius 1 is 1.53 bits per heavy atom. The molecule has 0 aliphatic heterocycles. The highest BCUT2D eigenvalue weighted by Crippen LogP contribution is 2.21. The second-order valence-corrected chi connectivity index (χ2v) is 4.42. The zero-order chi connectivity index (χ0) is 13.2. The van der Waals surface area contributed by atoms with Gasteiger partial charge in [-0.2, -0.15) is 18.3 Å². The SMILES string of the molecule is CC(C)Oc1c(Br)cnn(CC(F)(F)F)c1=O. The van der Waals surface area contributed by atoms with Crippen LogP contribution in [-0.4, -0.2) is 22.1 Å². The highest BCUT2D eigenvalue weighted by atomic mass is 79.9.